The van der Waals surface area contributed by atoms with Crippen LogP contribution in [0, 0.1) is 17.3 Å². The number of hydrogen-bond donors (Lipinski definition) is 0. The minimum absolute atomic E-state index is 0.148. The highest BCUT2D eigenvalue weighted by Crippen LogP contribution is 2.47. The molecule has 4 nitrogen and oxygen atoms in total. The van der Waals surface area contributed by atoms with E-state index in [9.17, 15) is 0 Å². The van der Waals surface area contributed by atoms with E-state index < -0.39 is 0 Å². The van der Waals surface area contributed by atoms with Crippen LogP contribution in [-0.4, -0.2) is 28.0 Å². The SMILES string of the molecule is CO[C@@H]1[C@@H](Cn2cncn2)CC[C@H](CCc2ccc3ccccc3c2)C1(C)C. The van der Waals surface area contributed by atoms with Gasteiger partial charge in [0, 0.05) is 19.6 Å². The molecule has 2 aromatic carbocycles. The van der Waals surface area contributed by atoms with E-state index in [0.29, 0.717) is 11.8 Å². The summed E-state index contributed by atoms with van der Waals surface area (Å²) in [5.74, 6) is 1.15. The maximum atomic E-state index is 6.05. The van der Waals surface area contributed by atoms with Gasteiger partial charge in [0.25, 0.3) is 0 Å². The quantitative estimate of drug-likeness (QED) is 0.598. The zero-order valence-corrected chi connectivity index (χ0v) is 17.2. The molecule has 0 N–H and O–H groups in total. The van der Waals surface area contributed by atoms with Gasteiger partial charge in [-0.3, -0.25) is 4.68 Å². The van der Waals surface area contributed by atoms with Gasteiger partial charge >= 0.3 is 0 Å². The molecular weight excluding hydrogens is 346 g/mol. The van der Waals surface area contributed by atoms with Gasteiger partial charge in [-0.25, -0.2) is 4.98 Å². The van der Waals surface area contributed by atoms with E-state index in [-0.39, 0.29) is 11.5 Å². The zero-order chi connectivity index (χ0) is 19.6. The van der Waals surface area contributed by atoms with Crippen molar-refractivity contribution in [1.29, 1.82) is 0 Å². The van der Waals surface area contributed by atoms with E-state index in [4.69, 9.17) is 4.74 Å². The molecule has 28 heavy (non-hydrogen) atoms. The van der Waals surface area contributed by atoms with Crippen LogP contribution in [0.1, 0.15) is 38.7 Å². The fourth-order valence-electron chi connectivity index (χ4n) is 5.28. The monoisotopic (exact) mass is 377 g/mol. The molecule has 0 bridgehead atoms. The number of aryl methyl sites for hydroxylation is 1. The molecule has 1 aromatic heterocycles. The lowest BCUT2D eigenvalue weighted by Gasteiger charge is -2.48. The Morgan fingerprint density at radius 2 is 1.93 bits per heavy atom. The van der Waals surface area contributed by atoms with Crippen LogP contribution in [0.5, 0.6) is 0 Å². The topological polar surface area (TPSA) is 39.9 Å². The van der Waals surface area contributed by atoms with Crippen LogP contribution >= 0.6 is 0 Å². The molecule has 0 saturated heterocycles. The van der Waals surface area contributed by atoms with Gasteiger partial charge in [0.15, 0.2) is 0 Å². The molecule has 3 atom stereocenters. The van der Waals surface area contributed by atoms with Crippen molar-refractivity contribution < 1.29 is 4.74 Å². The first-order valence-electron chi connectivity index (χ1n) is 10.4. The number of nitrogens with zero attached hydrogens (tertiary/aromatic N) is 3. The first kappa shape index (κ1) is 19.1. The summed E-state index contributed by atoms with van der Waals surface area (Å²) in [6.45, 7) is 5.67. The van der Waals surface area contributed by atoms with Crippen LogP contribution in [0.25, 0.3) is 10.8 Å². The first-order valence-corrected chi connectivity index (χ1v) is 10.4. The maximum Gasteiger partial charge on any atom is 0.137 e. The van der Waals surface area contributed by atoms with E-state index in [1.807, 2.05) is 18.1 Å². The molecule has 1 fully saturated rings. The lowest BCUT2D eigenvalue weighted by atomic mass is 9.61. The summed E-state index contributed by atoms with van der Waals surface area (Å²) in [5, 5.41) is 6.95. The Morgan fingerprint density at radius 3 is 2.68 bits per heavy atom. The van der Waals surface area contributed by atoms with Crippen molar-refractivity contribution in [2.45, 2.75) is 52.2 Å². The van der Waals surface area contributed by atoms with Crippen molar-refractivity contribution >= 4 is 10.8 Å². The fraction of sp³-hybridized carbons (Fsp3) is 0.500. The highest BCUT2D eigenvalue weighted by molar-refractivity contribution is 5.82. The second kappa shape index (κ2) is 8.04. The smallest absolute Gasteiger partial charge is 0.137 e. The van der Waals surface area contributed by atoms with Crippen LogP contribution in [0.2, 0.25) is 0 Å². The molecular formula is C24H31N3O. The number of ether oxygens (including phenoxy) is 1. The van der Waals surface area contributed by atoms with E-state index >= 15 is 0 Å². The molecule has 0 unspecified atom stereocenters. The summed E-state index contributed by atoms with van der Waals surface area (Å²) in [5.41, 5.74) is 1.59. The Bertz CT molecular complexity index is 903. The lowest BCUT2D eigenvalue weighted by Crippen LogP contribution is -2.48. The minimum atomic E-state index is 0.148. The van der Waals surface area contributed by atoms with Gasteiger partial charge < -0.3 is 4.74 Å². The van der Waals surface area contributed by atoms with Crippen molar-refractivity contribution in [3.8, 4) is 0 Å². The second-order valence-corrected chi connectivity index (χ2v) is 8.85. The Kier molecular flexibility index (Phi) is 5.49. The molecule has 4 heteroatoms. The summed E-state index contributed by atoms with van der Waals surface area (Å²) in [4.78, 5) is 4.09. The number of hydrogen-bond acceptors (Lipinski definition) is 3. The second-order valence-electron chi connectivity index (χ2n) is 8.85. The number of aromatic nitrogens is 3. The summed E-state index contributed by atoms with van der Waals surface area (Å²) in [6, 6.07) is 15.5. The van der Waals surface area contributed by atoms with Gasteiger partial charge in [-0.15, -0.1) is 0 Å². The Balaban J connectivity index is 1.44. The minimum Gasteiger partial charge on any atom is -0.381 e. The fourth-order valence-corrected chi connectivity index (χ4v) is 5.28. The Hall–Kier alpha value is -2.20. The van der Waals surface area contributed by atoms with Crippen molar-refractivity contribution in [3.05, 3.63) is 60.7 Å². The zero-order valence-electron chi connectivity index (χ0n) is 17.2. The molecule has 3 aromatic rings. The van der Waals surface area contributed by atoms with Gasteiger partial charge in [0.05, 0.1) is 6.10 Å². The largest absolute Gasteiger partial charge is 0.381 e. The predicted octanol–water partition coefficient (Wildman–Crippen LogP) is 5.13. The third-order valence-corrected chi connectivity index (χ3v) is 6.84. The first-order chi connectivity index (χ1) is 13.6. The third kappa shape index (κ3) is 3.83. The number of fused-ring (bicyclic) bond motifs is 1. The lowest BCUT2D eigenvalue weighted by molar-refractivity contribution is -0.0996. The van der Waals surface area contributed by atoms with Gasteiger partial charge in [0.2, 0.25) is 0 Å². The third-order valence-electron chi connectivity index (χ3n) is 6.84. The summed E-state index contributed by atoms with van der Waals surface area (Å²) >= 11 is 0. The molecule has 1 aliphatic carbocycles. The molecule has 0 spiro atoms. The highest BCUT2D eigenvalue weighted by Gasteiger charge is 2.45. The Morgan fingerprint density at radius 1 is 1.11 bits per heavy atom. The van der Waals surface area contributed by atoms with Gasteiger partial charge in [-0.2, -0.15) is 5.10 Å². The summed E-state index contributed by atoms with van der Waals surface area (Å²) < 4.78 is 7.99. The molecule has 1 aliphatic rings. The maximum absolute atomic E-state index is 6.05. The van der Waals surface area contributed by atoms with Crippen molar-refractivity contribution in [2.75, 3.05) is 7.11 Å². The van der Waals surface area contributed by atoms with Crippen LogP contribution in [0.3, 0.4) is 0 Å². The normalized spacial score (nSPS) is 24.5. The summed E-state index contributed by atoms with van der Waals surface area (Å²) in [7, 11) is 1.87. The van der Waals surface area contributed by atoms with E-state index in [1.165, 1.54) is 35.6 Å². The van der Waals surface area contributed by atoms with Crippen LogP contribution < -0.4 is 0 Å². The molecule has 0 radical (unpaired) electrons. The number of benzene rings is 2. The molecule has 0 amide bonds. The van der Waals surface area contributed by atoms with E-state index in [1.54, 1.807) is 6.33 Å². The van der Waals surface area contributed by atoms with Crippen LogP contribution in [-0.2, 0) is 17.7 Å². The molecule has 148 valence electrons. The number of methoxy groups -OCH3 is 1. The van der Waals surface area contributed by atoms with Crippen molar-refractivity contribution in [2.24, 2.45) is 17.3 Å². The van der Waals surface area contributed by atoms with Gasteiger partial charge in [-0.1, -0.05) is 56.3 Å². The summed E-state index contributed by atoms with van der Waals surface area (Å²) in [6.07, 6.45) is 8.44. The standard InChI is InChI=1S/C24H31N3O/c1-24(2)22(12-9-18-8-10-19-6-4-5-7-20(19)14-18)13-11-21(23(24)28-3)15-27-17-25-16-26-27/h4-8,10,14,16-17,21-23H,9,11-13,15H2,1-3H3/t21-,22+,23-/m1/s1. The van der Waals surface area contributed by atoms with Crippen molar-refractivity contribution in [3.63, 3.8) is 0 Å². The van der Waals surface area contributed by atoms with Gasteiger partial charge in [0.1, 0.15) is 12.7 Å². The van der Waals surface area contributed by atoms with E-state index in [0.717, 1.165) is 13.0 Å². The number of rotatable bonds is 6. The molecule has 4 rings (SSSR count). The predicted molar refractivity (Wildman–Crippen MR) is 113 cm³/mol. The average molecular weight is 378 g/mol. The van der Waals surface area contributed by atoms with E-state index in [2.05, 4.69) is 66.4 Å². The highest BCUT2D eigenvalue weighted by atomic mass is 16.5. The Labute approximate surface area is 167 Å². The average Bonchev–Trinajstić information content (AvgIpc) is 3.20. The van der Waals surface area contributed by atoms with Gasteiger partial charge in [-0.05, 0) is 53.4 Å². The van der Waals surface area contributed by atoms with Crippen LogP contribution in [0.4, 0.5) is 0 Å². The van der Waals surface area contributed by atoms with Crippen LogP contribution in [0.15, 0.2) is 55.1 Å². The van der Waals surface area contributed by atoms with Crippen molar-refractivity contribution in [1.82, 2.24) is 14.8 Å². The molecule has 1 heterocycles. The molecule has 0 aliphatic heterocycles. The molecule has 1 saturated carbocycles.